The van der Waals surface area contributed by atoms with Crippen LogP contribution in [0.2, 0.25) is 0 Å². The summed E-state index contributed by atoms with van der Waals surface area (Å²) in [7, 11) is 1.13. The molecule has 4 N–H and O–H groups in total. The summed E-state index contributed by atoms with van der Waals surface area (Å²) in [4.78, 5) is 0. The molecule has 90 valence electrons. The largest absolute Gasteiger partial charge is 0.380 e. The lowest BCUT2D eigenvalue weighted by molar-refractivity contribution is -0.0247. The summed E-state index contributed by atoms with van der Waals surface area (Å²) in [5.41, 5.74) is 11.8. The Morgan fingerprint density at radius 3 is 2.67 bits per heavy atom. The first-order valence-electron chi connectivity index (χ1n) is 6.17. The van der Waals surface area contributed by atoms with Crippen molar-refractivity contribution in [3.05, 3.63) is 0 Å². The third-order valence-corrected chi connectivity index (χ3v) is 4.56. The molecule has 1 saturated heterocycles. The fourth-order valence-corrected chi connectivity index (χ4v) is 3.12. The summed E-state index contributed by atoms with van der Waals surface area (Å²) in [5, 5.41) is 0.216. The fourth-order valence-electron chi connectivity index (χ4n) is 2.28. The molecule has 0 aromatic carbocycles. The summed E-state index contributed by atoms with van der Waals surface area (Å²) >= 11 is 0. The molecular weight excluding hydrogens is 204 g/mol. The van der Waals surface area contributed by atoms with Gasteiger partial charge in [-0.2, -0.15) is 0 Å². The van der Waals surface area contributed by atoms with Gasteiger partial charge in [0.15, 0.2) is 0 Å². The van der Waals surface area contributed by atoms with Crippen molar-refractivity contribution < 1.29 is 4.74 Å². The highest BCUT2D eigenvalue weighted by Gasteiger charge is 2.27. The van der Waals surface area contributed by atoms with Crippen molar-refractivity contribution in [3.63, 3.8) is 0 Å². The van der Waals surface area contributed by atoms with Crippen LogP contribution in [0.1, 0.15) is 45.4 Å². The minimum absolute atomic E-state index is 0.216. The first-order valence-corrected chi connectivity index (χ1v) is 7.17. The first-order chi connectivity index (χ1) is 7.02. The first kappa shape index (κ1) is 13.2. The molecule has 3 atom stereocenters. The molecule has 15 heavy (non-hydrogen) atoms. The van der Waals surface area contributed by atoms with E-state index < -0.39 is 0 Å². The van der Waals surface area contributed by atoms with Crippen LogP contribution in [-0.2, 0) is 4.74 Å². The summed E-state index contributed by atoms with van der Waals surface area (Å²) in [6.45, 7) is 2.97. The van der Waals surface area contributed by atoms with Gasteiger partial charge >= 0.3 is 0 Å². The van der Waals surface area contributed by atoms with Gasteiger partial charge in [-0.25, -0.2) is 0 Å². The number of nitrogens with two attached hydrogens (primary N) is 2. The molecule has 0 aliphatic carbocycles. The molecular formula is C11H26N2OSi. The molecule has 0 aromatic rings. The molecule has 0 saturated carbocycles. The van der Waals surface area contributed by atoms with E-state index >= 15 is 0 Å². The molecule has 1 rings (SSSR count). The van der Waals surface area contributed by atoms with Crippen molar-refractivity contribution >= 4 is 10.2 Å². The Bertz CT molecular complexity index is 181. The van der Waals surface area contributed by atoms with E-state index in [1.165, 1.54) is 19.3 Å². The molecule has 1 aliphatic heterocycles. The maximum atomic E-state index is 6.03. The summed E-state index contributed by atoms with van der Waals surface area (Å²) < 4.78 is 5.90. The van der Waals surface area contributed by atoms with Gasteiger partial charge in [0.05, 0.1) is 0 Å². The summed E-state index contributed by atoms with van der Waals surface area (Å²) in [6, 6.07) is 0.471. The molecule has 0 aromatic heterocycles. The highest BCUT2D eigenvalue weighted by Crippen LogP contribution is 2.26. The van der Waals surface area contributed by atoms with Crippen molar-refractivity contribution in [1.82, 2.24) is 0 Å². The monoisotopic (exact) mass is 230 g/mol. The van der Waals surface area contributed by atoms with Crippen LogP contribution in [0.3, 0.4) is 0 Å². The molecule has 3 nitrogen and oxygen atoms in total. The van der Waals surface area contributed by atoms with Crippen molar-refractivity contribution in [2.24, 2.45) is 11.5 Å². The molecule has 3 unspecified atom stereocenters. The topological polar surface area (TPSA) is 61.3 Å². The van der Waals surface area contributed by atoms with Crippen LogP contribution in [-0.4, -0.2) is 34.2 Å². The van der Waals surface area contributed by atoms with Gasteiger partial charge in [-0.05, 0) is 45.4 Å². The Morgan fingerprint density at radius 2 is 2.13 bits per heavy atom. The lowest BCUT2D eigenvalue weighted by atomic mass is 9.98. The van der Waals surface area contributed by atoms with Crippen molar-refractivity contribution in [1.29, 1.82) is 0 Å². The molecule has 4 heteroatoms. The number of hydrogen-bond donors (Lipinski definition) is 2. The van der Waals surface area contributed by atoms with Gasteiger partial charge in [0.2, 0.25) is 0 Å². The Morgan fingerprint density at radius 1 is 1.40 bits per heavy atom. The predicted molar refractivity (Wildman–Crippen MR) is 67.9 cm³/mol. The quantitative estimate of drug-likeness (QED) is 0.658. The van der Waals surface area contributed by atoms with E-state index in [0.717, 1.165) is 36.1 Å². The molecule has 0 spiro atoms. The smallest absolute Gasteiger partial charge is 0.0486 e. The number of rotatable bonds is 5. The molecule has 1 aliphatic rings. The van der Waals surface area contributed by atoms with Crippen LogP contribution < -0.4 is 11.5 Å². The normalized spacial score (nSPS) is 31.4. The van der Waals surface area contributed by atoms with Gasteiger partial charge in [-0.3, -0.25) is 0 Å². The highest BCUT2D eigenvalue weighted by atomic mass is 28.1. The molecule has 0 radical (unpaired) electrons. The van der Waals surface area contributed by atoms with Crippen LogP contribution in [0.4, 0.5) is 0 Å². The second-order valence-electron chi connectivity index (χ2n) is 5.27. The van der Waals surface area contributed by atoms with Crippen molar-refractivity contribution in [2.75, 3.05) is 6.61 Å². The fraction of sp³-hybridized carbons (Fsp3) is 1.00. The lowest BCUT2D eigenvalue weighted by Crippen LogP contribution is -2.39. The summed E-state index contributed by atoms with van der Waals surface area (Å²) in [5.74, 6) is 0. The molecule has 1 heterocycles. The van der Waals surface area contributed by atoms with Crippen LogP contribution in [0.25, 0.3) is 0 Å². The van der Waals surface area contributed by atoms with Crippen LogP contribution in [0, 0.1) is 0 Å². The number of ether oxygens (including phenoxy) is 1. The minimum Gasteiger partial charge on any atom is -0.380 e. The van der Waals surface area contributed by atoms with E-state index in [0.29, 0.717) is 0 Å². The van der Waals surface area contributed by atoms with E-state index in [2.05, 4.69) is 0 Å². The zero-order valence-corrected chi connectivity index (χ0v) is 12.2. The van der Waals surface area contributed by atoms with Gasteiger partial charge in [-0.15, -0.1) is 0 Å². The van der Waals surface area contributed by atoms with E-state index in [9.17, 15) is 0 Å². The summed E-state index contributed by atoms with van der Waals surface area (Å²) in [6.07, 6.45) is 6.92. The lowest BCUT2D eigenvalue weighted by Gasteiger charge is -2.35. The van der Waals surface area contributed by atoms with Gasteiger partial charge in [0.1, 0.15) is 0 Å². The SMILES string of the molecule is CC(N)CC(N)CCC1([SiH3])CCCCO1. The molecule has 0 bridgehead atoms. The van der Waals surface area contributed by atoms with Gasteiger partial charge in [-0.1, -0.05) is 0 Å². The Labute approximate surface area is 96.3 Å². The average Bonchev–Trinajstić information content (AvgIpc) is 2.15. The Hall–Kier alpha value is 0.0969. The Kier molecular flexibility index (Phi) is 5.25. The van der Waals surface area contributed by atoms with Crippen molar-refractivity contribution in [2.45, 2.75) is 62.8 Å². The van der Waals surface area contributed by atoms with Gasteiger partial charge in [0.25, 0.3) is 0 Å². The minimum atomic E-state index is 0.216. The van der Waals surface area contributed by atoms with Crippen LogP contribution >= 0.6 is 0 Å². The van der Waals surface area contributed by atoms with Gasteiger partial charge < -0.3 is 16.2 Å². The van der Waals surface area contributed by atoms with Crippen molar-refractivity contribution in [3.8, 4) is 0 Å². The predicted octanol–water partition coefficient (Wildman–Crippen LogP) is 0.0934. The molecule has 1 fully saturated rings. The zero-order valence-electron chi connectivity index (χ0n) is 10.2. The molecule has 0 amide bonds. The van der Waals surface area contributed by atoms with E-state index in [1.54, 1.807) is 0 Å². The van der Waals surface area contributed by atoms with E-state index in [1.807, 2.05) is 6.92 Å². The maximum absolute atomic E-state index is 6.03. The maximum Gasteiger partial charge on any atom is 0.0486 e. The number of hydrogen-bond acceptors (Lipinski definition) is 3. The third-order valence-electron chi connectivity index (χ3n) is 3.27. The van der Waals surface area contributed by atoms with Crippen LogP contribution in [0.15, 0.2) is 0 Å². The van der Waals surface area contributed by atoms with Crippen LogP contribution in [0.5, 0.6) is 0 Å². The van der Waals surface area contributed by atoms with Gasteiger partial charge in [0, 0.05) is 34.2 Å². The van der Waals surface area contributed by atoms with E-state index in [4.69, 9.17) is 16.2 Å². The van der Waals surface area contributed by atoms with E-state index in [-0.39, 0.29) is 17.3 Å². The Balaban J connectivity index is 2.22. The average molecular weight is 230 g/mol. The second-order valence-corrected chi connectivity index (χ2v) is 7.09. The zero-order chi connectivity index (χ0) is 11.3. The third kappa shape index (κ3) is 5.11. The second kappa shape index (κ2) is 5.99. The highest BCUT2D eigenvalue weighted by molar-refractivity contribution is 6.14. The standard InChI is InChI=1S/C11H26N2OSi/c1-9(12)8-10(13)4-6-11(15)5-2-3-7-14-11/h9-10H,2-8,12-13H2,1,15H3.